The van der Waals surface area contributed by atoms with Gasteiger partial charge in [0.15, 0.2) is 6.29 Å². The lowest BCUT2D eigenvalue weighted by Crippen LogP contribution is -1.99. The van der Waals surface area contributed by atoms with E-state index in [0.717, 1.165) is 37.5 Å². The fraction of sp³-hybridized carbons (Fsp3) is 0.350. The summed E-state index contributed by atoms with van der Waals surface area (Å²) in [6.07, 6.45) is 15.9. The zero-order valence-electron chi connectivity index (χ0n) is 13.9. The van der Waals surface area contributed by atoms with Crippen LogP contribution in [0.3, 0.4) is 0 Å². The van der Waals surface area contributed by atoms with Crippen molar-refractivity contribution >= 4 is 24.1 Å². The zero-order chi connectivity index (χ0) is 16.5. The number of carbonyl (C=O) groups is 1. The van der Waals surface area contributed by atoms with E-state index >= 15 is 0 Å². The van der Waals surface area contributed by atoms with E-state index in [1.54, 1.807) is 0 Å². The lowest BCUT2D eigenvalue weighted by Gasteiger charge is -2.11. The molecule has 0 atom stereocenters. The van der Waals surface area contributed by atoms with Crippen LogP contribution in [0.4, 0.5) is 0 Å². The Morgan fingerprint density at radius 3 is 2.91 bits per heavy atom. The number of benzene rings is 1. The topological polar surface area (TPSA) is 26.3 Å². The molecule has 2 rings (SSSR count). The molecule has 23 heavy (non-hydrogen) atoms. The molecular formula is C20H24O2S. The Kier molecular flexibility index (Phi) is 7.21. The maximum Gasteiger partial charge on any atom is 0.153 e. The van der Waals surface area contributed by atoms with Gasteiger partial charge in [0.2, 0.25) is 0 Å². The first-order valence-electron chi connectivity index (χ1n) is 8.12. The van der Waals surface area contributed by atoms with Gasteiger partial charge in [-0.25, -0.2) is 0 Å². The molecular weight excluding hydrogens is 304 g/mol. The van der Waals surface area contributed by atoms with Crippen LogP contribution in [0.15, 0.2) is 46.9 Å². The monoisotopic (exact) mass is 328 g/mol. The van der Waals surface area contributed by atoms with Crippen LogP contribution in [0.5, 0.6) is 5.75 Å². The van der Waals surface area contributed by atoms with Gasteiger partial charge in [0.05, 0.1) is 12.2 Å². The molecule has 0 saturated carbocycles. The number of rotatable bonds is 8. The Bertz CT molecular complexity index is 627. The van der Waals surface area contributed by atoms with Crippen molar-refractivity contribution in [2.75, 3.05) is 12.9 Å². The number of aldehydes is 1. The van der Waals surface area contributed by atoms with Crippen molar-refractivity contribution in [1.29, 1.82) is 0 Å². The second kappa shape index (κ2) is 9.41. The second-order valence-corrected chi connectivity index (χ2v) is 6.38. The lowest BCUT2D eigenvalue weighted by molar-refractivity contribution is 0.111. The Labute approximate surface area is 143 Å². The molecule has 0 aliphatic heterocycles. The van der Waals surface area contributed by atoms with Crippen LogP contribution in [0, 0.1) is 0 Å². The van der Waals surface area contributed by atoms with E-state index < -0.39 is 0 Å². The average molecular weight is 328 g/mol. The summed E-state index contributed by atoms with van der Waals surface area (Å²) in [6.45, 7) is 2.77. The summed E-state index contributed by atoms with van der Waals surface area (Å²) in [7, 11) is 0. The van der Waals surface area contributed by atoms with Crippen molar-refractivity contribution in [2.45, 2.75) is 32.6 Å². The summed E-state index contributed by atoms with van der Waals surface area (Å²) in [5.41, 5.74) is 2.89. The van der Waals surface area contributed by atoms with E-state index in [4.69, 9.17) is 4.74 Å². The van der Waals surface area contributed by atoms with Gasteiger partial charge in [-0.1, -0.05) is 43.7 Å². The molecule has 0 radical (unpaired) electrons. The number of hydrogen-bond acceptors (Lipinski definition) is 3. The molecule has 2 nitrogen and oxygen atoms in total. The highest BCUT2D eigenvalue weighted by Gasteiger charge is 2.06. The fourth-order valence-electron chi connectivity index (χ4n) is 2.44. The van der Waals surface area contributed by atoms with E-state index in [-0.39, 0.29) is 0 Å². The fourth-order valence-corrected chi connectivity index (χ4v) is 3.13. The van der Waals surface area contributed by atoms with E-state index in [9.17, 15) is 4.79 Å². The molecule has 0 saturated heterocycles. The van der Waals surface area contributed by atoms with E-state index in [0.29, 0.717) is 17.9 Å². The molecule has 0 N–H and O–H groups in total. The second-order valence-electron chi connectivity index (χ2n) is 5.47. The number of thioether (sulfide) groups is 1. The van der Waals surface area contributed by atoms with Crippen molar-refractivity contribution in [1.82, 2.24) is 0 Å². The van der Waals surface area contributed by atoms with Crippen LogP contribution in [-0.4, -0.2) is 19.1 Å². The van der Waals surface area contributed by atoms with Crippen LogP contribution >= 0.6 is 11.8 Å². The third-order valence-electron chi connectivity index (χ3n) is 3.78. The Morgan fingerprint density at radius 1 is 1.30 bits per heavy atom. The van der Waals surface area contributed by atoms with Gasteiger partial charge in [-0.3, -0.25) is 4.79 Å². The normalized spacial score (nSPS) is 14.5. The number of allylic oxidation sites excluding steroid dienone is 5. The van der Waals surface area contributed by atoms with Crippen molar-refractivity contribution in [3.63, 3.8) is 0 Å². The molecule has 0 bridgehead atoms. The molecule has 122 valence electrons. The average Bonchev–Trinajstić information content (AvgIpc) is 2.61. The predicted molar refractivity (Wildman–Crippen MR) is 100 cm³/mol. The first kappa shape index (κ1) is 17.6. The molecule has 0 amide bonds. The van der Waals surface area contributed by atoms with Crippen molar-refractivity contribution in [3.05, 3.63) is 58.0 Å². The van der Waals surface area contributed by atoms with E-state index in [1.807, 2.05) is 30.0 Å². The molecule has 0 fully saturated rings. The minimum Gasteiger partial charge on any atom is -0.493 e. The maximum absolute atomic E-state index is 11.3. The summed E-state index contributed by atoms with van der Waals surface area (Å²) in [5, 5.41) is 0. The van der Waals surface area contributed by atoms with Crippen LogP contribution in [0.2, 0.25) is 0 Å². The summed E-state index contributed by atoms with van der Waals surface area (Å²) >= 11 is 1.81. The predicted octanol–water partition coefficient (Wildman–Crippen LogP) is 5.66. The number of unbranched alkanes of at least 4 members (excludes halogenated alkanes) is 1. The minimum atomic E-state index is 0.613. The number of carbonyl (C=O) groups excluding carboxylic acids is 1. The third-order valence-corrected chi connectivity index (χ3v) is 4.71. The number of hydrogen-bond donors (Lipinski definition) is 0. The van der Waals surface area contributed by atoms with E-state index in [2.05, 4.69) is 37.5 Å². The summed E-state index contributed by atoms with van der Waals surface area (Å²) in [4.78, 5) is 12.7. The standard InChI is InChI=1S/C20H24O2S/c1-3-4-13-22-19-12-10-16(14-18(19)15-21)9-11-17-7-5-6-8-20(17)23-2/h5,7,9-12,14-15H,3-4,6,8,13H2,1-2H3/b11-9+. The number of ether oxygens (including phenoxy) is 1. The Morgan fingerprint density at radius 2 is 2.17 bits per heavy atom. The van der Waals surface area contributed by atoms with Gasteiger partial charge in [0.1, 0.15) is 5.75 Å². The summed E-state index contributed by atoms with van der Waals surface area (Å²) < 4.78 is 5.67. The SMILES string of the molecule is CCCCOc1ccc(/C=C/C2=C(SC)CCC=C2)cc1C=O. The molecule has 0 spiro atoms. The van der Waals surface area contributed by atoms with Gasteiger partial charge in [-0.2, -0.15) is 0 Å². The first-order valence-corrected chi connectivity index (χ1v) is 9.34. The Balaban J connectivity index is 2.14. The molecule has 0 aromatic heterocycles. The molecule has 1 aliphatic carbocycles. The van der Waals surface area contributed by atoms with Crippen molar-refractivity contribution < 1.29 is 9.53 Å². The summed E-state index contributed by atoms with van der Waals surface area (Å²) in [5.74, 6) is 0.673. The van der Waals surface area contributed by atoms with Crippen molar-refractivity contribution in [3.8, 4) is 5.75 Å². The molecule has 1 aromatic rings. The van der Waals surface area contributed by atoms with Crippen LogP contribution in [-0.2, 0) is 0 Å². The van der Waals surface area contributed by atoms with Crippen LogP contribution in [0.25, 0.3) is 6.08 Å². The molecule has 1 aliphatic rings. The van der Waals surface area contributed by atoms with Crippen molar-refractivity contribution in [2.24, 2.45) is 0 Å². The van der Waals surface area contributed by atoms with Crippen LogP contribution < -0.4 is 4.74 Å². The Hall–Kier alpha value is -1.74. The molecule has 1 aromatic carbocycles. The van der Waals surface area contributed by atoms with Gasteiger partial charge in [0, 0.05) is 0 Å². The third kappa shape index (κ3) is 5.14. The molecule has 0 heterocycles. The lowest BCUT2D eigenvalue weighted by atomic mass is 10.0. The largest absolute Gasteiger partial charge is 0.493 e. The first-order chi connectivity index (χ1) is 11.3. The van der Waals surface area contributed by atoms with E-state index in [1.165, 1.54) is 10.5 Å². The minimum absolute atomic E-state index is 0.613. The van der Waals surface area contributed by atoms with Gasteiger partial charge >= 0.3 is 0 Å². The molecule has 0 unspecified atom stereocenters. The quantitative estimate of drug-likeness (QED) is 0.455. The van der Waals surface area contributed by atoms with Gasteiger partial charge < -0.3 is 4.74 Å². The zero-order valence-corrected chi connectivity index (χ0v) is 14.7. The highest BCUT2D eigenvalue weighted by molar-refractivity contribution is 8.02. The maximum atomic E-state index is 11.3. The molecule has 3 heteroatoms. The smallest absolute Gasteiger partial charge is 0.153 e. The van der Waals surface area contributed by atoms with Gasteiger partial charge in [0.25, 0.3) is 0 Å². The van der Waals surface area contributed by atoms with Crippen LogP contribution in [0.1, 0.15) is 48.5 Å². The summed E-state index contributed by atoms with van der Waals surface area (Å²) in [6, 6.07) is 5.77. The van der Waals surface area contributed by atoms with Gasteiger partial charge in [-0.05, 0) is 53.7 Å². The van der Waals surface area contributed by atoms with Gasteiger partial charge in [-0.15, -0.1) is 11.8 Å². The highest BCUT2D eigenvalue weighted by atomic mass is 32.2. The highest BCUT2D eigenvalue weighted by Crippen LogP contribution is 2.28.